The molecule has 0 aliphatic rings. The Labute approximate surface area is 372 Å². The van der Waals surface area contributed by atoms with E-state index in [1.165, 1.54) is 135 Å². The fourth-order valence-corrected chi connectivity index (χ4v) is 6.83. The predicted octanol–water partition coefficient (Wildman–Crippen LogP) is 12.1. The molecule has 0 amide bonds. The fourth-order valence-electron chi connectivity index (χ4n) is 5.46. The molecule has 0 saturated heterocycles. The first-order valence-corrected chi connectivity index (χ1v) is 25.8. The third-order valence-electron chi connectivity index (χ3n) is 8.91. The zero-order valence-electron chi connectivity index (χ0n) is 36.1. The van der Waals surface area contributed by atoms with Crippen molar-refractivity contribution in [2.24, 2.45) is 0 Å². The minimum atomic E-state index is -4.00. The van der Waals surface area contributed by atoms with E-state index >= 15 is 0 Å². The van der Waals surface area contributed by atoms with E-state index in [1.807, 2.05) is 0 Å². The Morgan fingerprint density at radius 1 is 0.309 bits per heavy atom. The molecule has 0 rings (SSSR count). The zero-order valence-corrected chi connectivity index (χ0v) is 41.9. The summed E-state index contributed by atoms with van der Waals surface area (Å²) in [7, 11) is -8.65. The summed E-state index contributed by atoms with van der Waals surface area (Å²) >= 11 is 0. The van der Waals surface area contributed by atoms with E-state index < -0.39 is 23.5 Å². The van der Waals surface area contributed by atoms with Crippen LogP contribution in [0, 0.1) is 41.7 Å². The Kier molecular flexibility index (Phi) is 55.7. The molecule has 0 saturated carbocycles. The van der Waals surface area contributed by atoms with Gasteiger partial charge in [0.25, 0.3) is 23.5 Å². The largest absolute Gasteiger partial charge is 3.00 e. The maximum Gasteiger partial charge on any atom is 3.00 e. The maximum atomic E-state index is 10.8. The molecule has 0 bridgehead atoms. The summed E-state index contributed by atoms with van der Waals surface area (Å²) < 4.78 is 59.0. The number of hydrogen-bond acceptors (Lipinski definition) is 12. The van der Waals surface area contributed by atoms with Crippen LogP contribution in [-0.4, -0.2) is 41.2 Å². The molecule has 0 spiro atoms. The third kappa shape index (κ3) is 57.8. The van der Waals surface area contributed by atoms with Gasteiger partial charge in [-0.05, 0) is 19.3 Å². The summed E-state index contributed by atoms with van der Waals surface area (Å²) in [6.45, 7) is 7.41. The molecule has 0 aliphatic carbocycles. The number of hydrogen-bond donors (Lipinski definition) is 0. The first-order chi connectivity index (χ1) is 25.9. The molecule has 55 heavy (non-hydrogen) atoms. The molecule has 0 heterocycles. The third-order valence-corrected chi connectivity index (χ3v) is 11.8. The Morgan fingerprint density at radius 2 is 0.455 bits per heavy atom. The van der Waals surface area contributed by atoms with Crippen molar-refractivity contribution in [1.82, 2.24) is 0 Å². The average Bonchev–Trinajstić information content (AvgIpc) is 3.15. The van der Waals surface area contributed by atoms with Crippen molar-refractivity contribution in [1.29, 1.82) is 0 Å². The van der Waals surface area contributed by atoms with Crippen molar-refractivity contribution in [3.63, 3.8) is 0 Å². The number of phosphoric ester groups is 3. The minimum Gasteiger partial charge on any atom is -0.756 e. The van der Waals surface area contributed by atoms with Gasteiger partial charge in [0, 0.05) is 21.3 Å². The van der Waals surface area contributed by atoms with Crippen LogP contribution in [0.3, 0.4) is 0 Å². The topological polar surface area (TPSA) is 176 Å². The Bertz CT molecular complexity index is 780. The van der Waals surface area contributed by atoms with E-state index in [9.17, 15) is 28.4 Å². The van der Waals surface area contributed by atoms with Crippen LogP contribution in [-0.2, 0) is 40.8 Å². The molecule has 0 N–H and O–H groups in total. The van der Waals surface area contributed by atoms with Crippen LogP contribution >= 0.6 is 23.5 Å². The van der Waals surface area contributed by atoms with Crippen LogP contribution in [0.25, 0.3) is 0 Å². The van der Waals surface area contributed by atoms with Crippen LogP contribution in [0.15, 0.2) is 0 Å². The molecule has 331 valence electrons. The molecule has 0 fully saturated rings. The molecule has 0 aliphatic heterocycles. The van der Waals surface area contributed by atoms with E-state index in [-0.39, 0.29) is 61.6 Å². The molecule has 12 nitrogen and oxygen atoms in total. The summed E-state index contributed by atoms with van der Waals surface area (Å²) in [6.07, 6.45) is 36.6. The van der Waals surface area contributed by atoms with Gasteiger partial charge in [0.15, 0.2) is 0 Å². The number of unbranched alkanes of at least 4 members (excludes halogenated alkanes) is 27. The van der Waals surface area contributed by atoms with Gasteiger partial charge in [-0.25, -0.2) is 0 Å². The van der Waals surface area contributed by atoms with Crippen LogP contribution < -0.4 is 14.7 Å². The molecular formula is C39H84CeO12P3. The summed E-state index contributed by atoms with van der Waals surface area (Å²) in [5.74, 6) is 0. The summed E-state index contributed by atoms with van der Waals surface area (Å²) in [6, 6.07) is 0. The summed E-state index contributed by atoms with van der Waals surface area (Å²) in [5.41, 5.74) is 0. The monoisotopic (exact) mass is 977 g/mol. The molecule has 0 aromatic carbocycles. The van der Waals surface area contributed by atoms with Crippen molar-refractivity contribution in [3.8, 4) is 0 Å². The maximum absolute atomic E-state index is 10.8. The molecule has 3 atom stereocenters. The summed E-state index contributed by atoms with van der Waals surface area (Å²) in [5, 5.41) is 0. The van der Waals surface area contributed by atoms with Crippen LogP contribution in [0.2, 0.25) is 0 Å². The zero-order chi connectivity index (χ0) is 41.1. The predicted molar refractivity (Wildman–Crippen MR) is 217 cm³/mol. The minimum absolute atomic E-state index is 0. The molecule has 0 aromatic rings. The normalized spacial score (nSPS) is 14.3. The van der Waals surface area contributed by atoms with Gasteiger partial charge in [-0.1, -0.05) is 194 Å². The average molecular weight is 978 g/mol. The molecule has 3 unspecified atom stereocenters. The Balaban J connectivity index is -0.000000351. The smallest absolute Gasteiger partial charge is 0.756 e. The second-order valence-electron chi connectivity index (χ2n) is 13.9. The SMILES string of the molecule is CCCCCCCCCCCCOP(=O)([O-])OC.CCCCCCCCCCCCOP(=O)([O-])OC.CCCCCCCCCCCCOP(=O)([O-])OC.[Ce+3]. The van der Waals surface area contributed by atoms with E-state index in [2.05, 4.69) is 47.9 Å². The van der Waals surface area contributed by atoms with Gasteiger partial charge in [-0.15, -0.1) is 0 Å². The summed E-state index contributed by atoms with van der Waals surface area (Å²) in [4.78, 5) is 32.5. The van der Waals surface area contributed by atoms with Gasteiger partial charge in [0.1, 0.15) is 0 Å². The first-order valence-electron chi connectivity index (χ1n) is 21.4. The second-order valence-corrected chi connectivity index (χ2v) is 18.5. The quantitative estimate of drug-likeness (QED) is 0.0421. The van der Waals surface area contributed by atoms with Gasteiger partial charge in [0.2, 0.25) is 0 Å². The van der Waals surface area contributed by atoms with E-state index in [0.717, 1.165) is 79.1 Å². The Morgan fingerprint density at radius 3 is 0.600 bits per heavy atom. The van der Waals surface area contributed by atoms with Crippen molar-refractivity contribution in [3.05, 3.63) is 0 Å². The van der Waals surface area contributed by atoms with Crippen LogP contribution in [0.4, 0.5) is 0 Å². The van der Waals surface area contributed by atoms with Gasteiger partial charge >= 0.3 is 41.7 Å². The standard InChI is InChI=1S/3C13H29O4P.Ce/c3*1-3-4-5-6-7-8-9-10-11-12-13-17-18(14,15)16-2;/h3*3-13H2,1-2H3,(H,14,15);/q;;;+3/p-3. The first kappa shape index (κ1) is 63.3. The molecule has 1 radical (unpaired) electrons. The van der Waals surface area contributed by atoms with Gasteiger partial charge in [-0.3, -0.25) is 13.7 Å². The van der Waals surface area contributed by atoms with Crippen molar-refractivity contribution in [2.75, 3.05) is 41.2 Å². The number of rotatable bonds is 39. The molecule has 16 heteroatoms. The van der Waals surface area contributed by atoms with E-state index in [1.54, 1.807) is 0 Å². The van der Waals surface area contributed by atoms with E-state index in [4.69, 9.17) is 0 Å². The molecule has 0 aromatic heterocycles. The van der Waals surface area contributed by atoms with Crippen molar-refractivity contribution >= 4 is 23.5 Å². The second kappa shape index (κ2) is 48.4. The number of phosphoric acid groups is 3. The van der Waals surface area contributed by atoms with Crippen molar-refractivity contribution < 1.29 is 97.3 Å². The van der Waals surface area contributed by atoms with Gasteiger partial charge in [0.05, 0.1) is 19.8 Å². The fraction of sp³-hybridized carbons (Fsp3) is 1.00. The van der Waals surface area contributed by atoms with E-state index in [0.29, 0.717) is 0 Å². The van der Waals surface area contributed by atoms with Gasteiger partial charge < -0.3 is 41.8 Å². The van der Waals surface area contributed by atoms with Crippen LogP contribution in [0.5, 0.6) is 0 Å². The molecular weight excluding hydrogens is 893 g/mol. The van der Waals surface area contributed by atoms with Gasteiger partial charge in [-0.2, -0.15) is 0 Å². The van der Waals surface area contributed by atoms with Crippen LogP contribution in [0.1, 0.15) is 213 Å². The Hall–Kier alpha value is 1.71. The van der Waals surface area contributed by atoms with Crippen molar-refractivity contribution in [2.45, 2.75) is 213 Å².